The first-order chi connectivity index (χ1) is 12.9. The number of nitrogens with zero attached hydrogens (tertiary/aromatic N) is 1. The molecule has 2 aromatic carbocycles. The van der Waals surface area contributed by atoms with Gasteiger partial charge < -0.3 is 15.2 Å². The average molecular weight is 429 g/mol. The standard InChI is InChI=1S/C19H24N2O5S.ClH/c1-25-18-10-9-16(13-17(18)19(22)26-2)27(23,24)21(12-6-11-20)14-15-7-4-3-5-8-15;/h3-5,7-10,13H,6,11-12,14,20H2,1-2H3;1H. The van der Waals surface area contributed by atoms with Crippen molar-refractivity contribution < 1.29 is 22.7 Å². The van der Waals surface area contributed by atoms with Crippen LogP contribution in [0.5, 0.6) is 5.75 Å². The van der Waals surface area contributed by atoms with Gasteiger partial charge in [0.05, 0.1) is 19.1 Å². The van der Waals surface area contributed by atoms with Crippen LogP contribution in [0.2, 0.25) is 0 Å². The number of carbonyl (C=O) groups excluding carboxylic acids is 1. The van der Waals surface area contributed by atoms with Crippen molar-refractivity contribution in [3.05, 3.63) is 59.7 Å². The van der Waals surface area contributed by atoms with E-state index in [1.165, 1.54) is 36.7 Å². The molecule has 0 aliphatic rings. The Balaban J connectivity index is 0.00000392. The van der Waals surface area contributed by atoms with E-state index >= 15 is 0 Å². The van der Waals surface area contributed by atoms with Gasteiger partial charge in [-0.3, -0.25) is 0 Å². The van der Waals surface area contributed by atoms with Crippen LogP contribution in [0.1, 0.15) is 22.3 Å². The summed E-state index contributed by atoms with van der Waals surface area (Å²) >= 11 is 0. The number of carbonyl (C=O) groups is 1. The van der Waals surface area contributed by atoms with Crippen LogP contribution in [-0.2, 0) is 21.3 Å². The zero-order valence-corrected chi connectivity index (χ0v) is 17.5. The van der Waals surface area contributed by atoms with Crippen LogP contribution in [0, 0.1) is 0 Å². The first kappa shape index (κ1) is 23.9. The number of methoxy groups -OCH3 is 2. The summed E-state index contributed by atoms with van der Waals surface area (Å²) in [5, 5.41) is 0. The minimum atomic E-state index is -3.85. The fourth-order valence-electron chi connectivity index (χ4n) is 2.61. The summed E-state index contributed by atoms with van der Waals surface area (Å²) in [5.41, 5.74) is 6.49. The van der Waals surface area contributed by atoms with Crippen molar-refractivity contribution in [1.29, 1.82) is 0 Å². The zero-order valence-electron chi connectivity index (χ0n) is 15.8. The van der Waals surface area contributed by atoms with Gasteiger partial charge in [-0.25, -0.2) is 13.2 Å². The second-order valence-corrected chi connectivity index (χ2v) is 7.76. The second-order valence-electron chi connectivity index (χ2n) is 5.82. The van der Waals surface area contributed by atoms with Crippen LogP contribution in [-0.4, -0.2) is 46.0 Å². The number of nitrogens with two attached hydrogens (primary N) is 1. The molecule has 7 nitrogen and oxygen atoms in total. The summed E-state index contributed by atoms with van der Waals surface area (Å²) in [4.78, 5) is 12.0. The maximum atomic E-state index is 13.2. The predicted molar refractivity (Wildman–Crippen MR) is 109 cm³/mol. The molecule has 0 aromatic heterocycles. The normalized spacial score (nSPS) is 11.0. The van der Waals surface area contributed by atoms with Gasteiger partial charge in [0.2, 0.25) is 10.0 Å². The molecule has 0 atom stereocenters. The van der Waals surface area contributed by atoms with Gasteiger partial charge in [-0.05, 0) is 36.7 Å². The van der Waals surface area contributed by atoms with Crippen molar-refractivity contribution in [2.75, 3.05) is 27.3 Å². The molecular formula is C19H25ClN2O5S. The maximum absolute atomic E-state index is 13.2. The Morgan fingerprint density at radius 1 is 1.11 bits per heavy atom. The molecule has 0 fully saturated rings. The SMILES string of the molecule is COC(=O)c1cc(S(=O)(=O)N(CCCN)Cc2ccccc2)ccc1OC.Cl. The van der Waals surface area contributed by atoms with Gasteiger partial charge in [0.25, 0.3) is 0 Å². The summed E-state index contributed by atoms with van der Waals surface area (Å²) in [6.07, 6.45) is 0.520. The Morgan fingerprint density at radius 3 is 2.36 bits per heavy atom. The van der Waals surface area contributed by atoms with Crippen LogP contribution >= 0.6 is 12.4 Å². The number of halogens is 1. The number of hydrogen-bond donors (Lipinski definition) is 1. The van der Waals surface area contributed by atoms with Crippen molar-refractivity contribution in [1.82, 2.24) is 4.31 Å². The van der Waals surface area contributed by atoms with Gasteiger partial charge in [0.1, 0.15) is 11.3 Å². The van der Waals surface area contributed by atoms with E-state index < -0.39 is 16.0 Å². The van der Waals surface area contributed by atoms with E-state index in [0.717, 1.165) is 5.56 Å². The lowest BCUT2D eigenvalue weighted by atomic mass is 10.2. The molecule has 0 heterocycles. The Hall–Kier alpha value is -2.13. The molecule has 154 valence electrons. The topological polar surface area (TPSA) is 98.9 Å². The van der Waals surface area contributed by atoms with Gasteiger partial charge in [0.15, 0.2) is 0 Å². The molecular weight excluding hydrogens is 404 g/mol. The molecule has 0 saturated heterocycles. The Kier molecular flexibility index (Phi) is 9.40. The van der Waals surface area contributed by atoms with Crippen molar-refractivity contribution in [2.45, 2.75) is 17.9 Å². The third-order valence-electron chi connectivity index (χ3n) is 4.03. The molecule has 0 saturated carbocycles. The molecule has 28 heavy (non-hydrogen) atoms. The van der Waals surface area contributed by atoms with Gasteiger partial charge >= 0.3 is 5.97 Å². The number of rotatable bonds is 9. The Bertz CT molecular complexity index is 875. The van der Waals surface area contributed by atoms with Crippen LogP contribution < -0.4 is 10.5 Å². The van der Waals surface area contributed by atoms with E-state index in [9.17, 15) is 13.2 Å². The highest BCUT2D eigenvalue weighted by Gasteiger charge is 2.26. The molecule has 2 N–H and O–H groups in total. The lowest BCUT2D eigenvalue weighted by molar-refractivity contribution is 0.0596. The predicted octanol–water partition coefficient (Wildman–Crippen LogP) is 2.44. The molecule has 0 unspecified atom stereocenters. The summed E-state index contributed by atoms with van der Waals surface area (Å²) in [6.45, 7) is 0.854. The summed E-state index contributed by atoms with van der Waals surface area (Å²) in [7, 11) is -1.22. The van der Waals surface area contributed by atoms with Crippen molar-refractivity contribution >= 4 is 28.4 Å². The van der Waals surface area contributed by atoms with Crippen molar-refractivity contribution in [3.63, 3.8) is 0 Å². The monoisotopic (exact) mass is 428 g/mol. The molecule has 0 aliphatic heterocycles. The van der Waals surface area contributed by atoms with E-state index in [2.05, 4.69) is 0 Å². The molecule has 2 rings (SSSR count). The highest BCUT2D eigenvalue weighted by atomic mass is 35.5. The largest absolute Gasteiger partial charge is 0.496 e. The fourth-order valence-corrected chi connectivity index (χ4v) is 4.10. The second kappa shape index (κ2) is 11.0. The van der Waals surface area contributed by atoms with E-state index in [-0.39, 0.29) is 41.7 Å². The summed E-state index contributed by atoms with van der Waals surface area (Å²) in [6, 6.07) is 13.4. The summed E-state index contributed by atoms with van der Waals surface area (Å²) < 4.78 is 37.6. The molecule has 0 amide bonds. The maximum Gasteiger partial charge on any atom is 0.341 e. The zero-order chi connectivity index (χ0) is 19.9. The van der Waals surface area contributed by atoms with E-state index in [4.69, 9.17) is 15.2 Å². The Morgan fingerprint density at radius 2 is 1.79 bits per heavy atom. The average Bonchev–Trinajstić information content (AvgIpc) is 2.70. The highest BCUT2D eigenvalue weighted by molar-refractivity contribution is 7.89. The lowest BCUT2D eigenvalue weighted by Crippen LogP contribution is -2.32. The van der Waals surface area contributed by atoms with Crippen LogP contribution in [0.3, 0.4) is 0 Å². The smallest absolute Gasteiger partial charge is 0.341 e. The van der Waals surface area contributed by atoms with Crippen LogP contribution in [0.15, 0.2) is 53.4 Å². The van der Waals surface area contributed by atoms with E-state index in [0.29, 0.717) is 13.0 Å². The minimum Gasteiger partial charge on any atom is -0.496 e. The molecule has 9 heteroatoms. The minimum absolute atomic E-state index is 0. The van der Waals surface area contributed by atoms with Gasteiger partial charge in [-0.15, -0.1) is 12.4 Å². The first-order valence-corrected chi connectivity index (χ1v) is 9.88. The quantitative estimate of drug-likeness (QED) is 0.616. The van der Waals surface area contributed by atoms with Crippen LogP contribution in [0.4, 0.5) is 0 Å². The number of ether oxygens (including phenoxy) is 2. The number of esters is 1. The Labute approximate surface area is 171 Å². The molecule has 0 bridgehead atoms. The van der Waals surface area contributed by atoms with E-state index in [1.54, 1.807) is 0 Å². The molecule has 2 aromatic rings. The number of sulfonamides is 1. The third-order valence-corrected chi connectivity index (χ3v) is 5.87. The molecule has 0 aliphatic carbocycles. The number of benzene rings is 2. The van der Waals surface area contributed by atoms with Crippen molar-refractivity contribution in [2.24, 2.45) is 5.73 Å². The highest BCUT2D eigenvalue weighted by Crippen LogP contribution is 2.26. The third kappa shape index (κ3) is 5.68. The van der Waals surface area contributed by atoms with Gasteiger partial charge in [-0.1, -0.05) is 30.3 Å². The number of hydrogen-bond acceptors (Lipinski definition) is 6. The first-order valence-electron chi connectivity index (χ1n) is 8.44. The van der Waals surface area contributed by atoms with Crippen LogP contribution in [0.25, 0.3) is 0 Å². The van der Waals surface area contributed by atoms with E-state index in [1.807, 2.05) is 30.3 Å². The van der Waals surface area contributed by atoms with Gasteiger partial charge in [0, 0.05) is 13.1 Å². The molecule has 0 spiro atoms. The fraction of sp³-hybridized carbons (Fsp3) is 0.316. The lowest BCUT2D eigenvalue weighted by Gasteiger charge is -2.22. The summed E-state index contributed by atoms with van der Waals surface area (Å²) in [5.74, 6) is -0.419. The molecule has 0 radical (unpaired) electrons. The van der Waals surface area contributed by atoms with Crippen molar-refractivity contribution in [3.8, 4) is 5.75 Å². The van der Waals surface area contributed by atoms with Gasteiger partial charge in [-0.2, -0.15) is 4.31 Å².